The fraction of sp³-hybridized carbons (Fsp3) is 0.722. The van der Waals surface area contributed by atoms with Crippen LogP contribution in [0.4, 0.5) is 0 Å². The Hall–Kier alpha value is -0.970. The van der Waals surface area contributed by atoms with Crippen molar-refractivity contribution < 1.29 is 9.47 Å². The lowest BCUT2D eigenvalue weighted by molar-refractivity contribution is -0.0590. The summed E-state index contributed by atoms with van der Waals surface area (Å²) in [6.07, 6.45) is 2.25. The Kier molecular flexibility index (Phi) is 5.11. The van der Waals surface area contributed by atoms with E-state index in [0.29, 0.717) is 17.9 Å². The molecule has 0 aliphatic carbocycles. The van der Waals surface area contributed by atoms with E-state index >= 15 is 0 Å². The van der Waals surface area contributed by atoms with Crippen molar-refractivity contribution in [3.05, 3.63) is 29.1 Å². The molecule has 1 aromatic rings. The number of nitrogens with zero attached hydrogens (tertiary/aromatic N) is 2. The summed E-state index contributed by atoms with van der Waals surface area (Å²) in [5.41, 5.74) is 3.85. The van der Waals surface area contributed by atoms with Gasteiger partial charge in [0.05, 0.1) is 31.6 Å². The quantitative estimate of drug-likeness (QED) is 0.809. The van der Waals surface area contributed by atoms with Crippen molar-refractivity contribution in [3.8, 4) is 0 Å². The summed E-state index contributed by atoms with van der Waals surface area (Å²) in [4.78, 5) is 7.41. The Bertz CT molecular complexity index is 496. The molecule has 4 nitrogen and oxygen atoms in total. The van der Waals surface area contributed by atoms with E-state index in [1.807, 2.05) is 0 Å². The van der Waals surface area contributed by atoms with Gasteiger partial charge >= 0.3 is 0 Å². The lowest BCUT2D eigenvalue weighted by atomic mass is 9.94. The molecule has 2 aliphatic heterocycles. The summed E-state index contributed by atoms with van der Waals surface area (Å²) in [5.74, 6) is 1.03. The number of rotatable bonds is 6. The van der Waals surface area contributed by atoms with Crippen LogP contribution in [-0.4, -0.2) is 49.4 Å². The molecule has 22 heavy (non-hydrogen) atoms. The van der Waals surface area contributed by atoms with Crippen molar-refractivity contribution in [2.45, 2.75) is 51.1 Å². The first-order valence-corrected chi connectivity index (χ1v) is 8.54. The van der Waals surface area contributed by atoms with Gasteiger partial charge < -0.3 is 9.47 Å². The van der Waals surface area contributed by atoms with Gasteiger partial charge in [0.2, 0.25) is 0 Å². The Morgan fingerprint density at radius 1 is 1.27 bits per heavy atom. The molecular weight excluding hydrogens is 276 g/mol. The van der Waals surface area contributed by atoms with Crippen LogP contribution in [0.1, 0.15) is 55.5 Å². The average Bonchev–Trinajstić information content (AvgIpc) is 2.98. The third-order valence-corrected chi connectivity index (χ3v) is 5.16. The number of pyridine rings is 1. The fourth-order valence-corrected chi connectivity index (χ4v) is 3.13. The lowest BCUT2D eigenvalue weighted by Crippen LogP contribution is -2.46. The van der Waals surface area contributed by atoms with Crippen molar-refractivity contribution in [1.29, 1.82) is 0 Å². The highest BCUT2D eigenvalue weighted by atomic mass is 16.5. The van der Waals surface area contributed by atoms with Crippen LogP contribution in [0.25, 0.3) is 0 Å². The van der Waals surface area contributed by atoms with E-state index in [-0.39, 0.29) is 0 Å². The zero-order valence-electron chi connectivity index (χ0n) is 14.0. The van der Waals surface area contributed by atoms with Crippen LogP contribution < -0.4 is 0 Å². The first-order valence-electron chi connectivity index (χ1n) is 8.54. The second kappa shape index (κ2) is 7.07. The molecule has 0 amide bonds. The summed E-state index contributed by atoms with van der Waals surface area (Å²) in [5, 5.41) is 0. The minimum Gasteiger partial charge on any atom is -0.381 e. The molecule has 0 aromatic carbocycles. The van der Waals surface area contributed by atoms with E-state index in [4.69, 9.17) is 14.5 Å². The van der Waals surface area contributed by atoms with Crippen molar-refractivity contribution in [2.24, 2.45) is 0 Å². The van der Waals surface area contributed by atoms with Gasteiger partial charge in [-0.15, -0.1) is 0 Å². The smallest absolute Gasteiger partial charge is 0.0645 e. The van der Waals surface area contributed by atoms with Crippen LogP contribution in [0.3, 0.4) is 0 Å². The maximum atomic E-state index is 5.59. The second-order valence-electron chi connectivity index (χ2n) is 6.75. The van der Waals surface area contributed by atoms with Gasteiger partial charge in [0.25, 0.3) is 0 Å². The third-order valence-electron chi connectivity index (χ3n) is 5.16. The first-order chi connectivity index (χ1) is 10.7. The Morgan fingerprint density at radius 2 is 2.09 bits per heavy atom. The van der Waals surface area contributed by atoms with E-state index in [2.05, 4.69) is 37.9 Å². The van der Waals surface area contributed by atoms with Crippen LogP contribution in [0, 0.1) is 0 Å². The molecule has 3 heterocycles. The SMILES string of the molecule is CCC(C)c1ccc(C2CCOC2)c(CN(C)C2COC2)n1. The minimum atomic E-state index is 0.513. The predicted octanol–water partition coefficient (Wildman–Crippen LogP) is 2.93. The predicted molar refractivity (Wildman–Crippen MR) is 87.2 cm³/mol. The van der Waals surface area contributed by atoms with Gasteiger partial charge in [0, 0.05) is 24.8 Å². The van der Waals surface area contributed by atoms with E-state index < -0.39 is 0 Å². The molecule has 2 saturated heterocycles. The van der Waals surface area contributed by atoms with Crippen LogP contribution in [0.2, 0.25) is 0 Å². The number of aromatic nitrogens is 1. The molecule has 2 aliphatic rings. The Morgan fingerprint density at radius 3 is 2.68 bits per heavy atom. The molecule has 1 aromatic heterocycles. The maximum Gasteiger partial charge on any atom is 0.0645 e. The fourth-order valence-electron chi connectivity index (χ4n) is 3.13. The van der Waals surface area contributed by atoms with Crippen LogP contribution >= 0.6 is 0 Å². The molecule has 122 valence electrons. The number of likely N-dealkylation sites (N-methyl/N-ethyl adjacent to an activating group) is 1. The average molecular weight is 304 g/mol. The van der Waals surface area contributed by atoms with Gasteiger partial charge in [-0.2, -0.15) is 0 Å². The number of hydrogen-bond acceptors (Lipinski definition) is 4. The largest absolute Gasteiger partial charge is 0.381 e. The van der Waals surface area contributed by atoms with Crippen molar-refractivity contribution in [2.75, 3.05) is 33.5 Å². The number of ether oxygens (including phenoxy) is 2. The highest BCUT2D eigenvalue weighted by Crippen LogP contribution is 2.30. The highest BCUT2D eigenvalue weighted by molar-refractivity contribution is 5.29. The molecule has 2 fully saturated rings. The van der Waals surface area contributed by atoms with Crippen molar-refractivity contribution in [1.82, 2.24) is 9.88 Å². The zero-order valence-corrected chi connectivity index (χ0v) is 14.0. The second-order valence-corrected chi connectivity index (χ2v) is 6.75. The van der Waals surface area contributed by atoms with Crippen molar-refractivity contribution >= 4 is 0 Å². The molecule has 0 bridgehead atoms. The molecule has 2 unspecified atom stereocenters. The topological polar surface area (TPSA) is 34.6 Å². The zero-order chi connectivity index (χ0) is 15.5. The molecule has 0 spiro atoms. The third kappa shape index (κ3) is 3.34. The van der Waals surface area contributed by atoms with E-state index in [9.17, 15) is 0 Å². The molecule has 0 radical (unpaired) electrons. The molecule has 0 saturated carbocycles. The molecule has 4 heteroatoms. The Balaban J connectivity index is 1.83. The molecule has 2 atom stereocenters. The lowest BCUT2D eigenvalue weighted by Gasteiger charge is -2.35. The van der Waals surface area contributed by atoms with Crippen LogP contribution in [-0.2, 0) is 16.0 Å². The normalized spacial score (nSPS) is 23.7. The molecule has 3 rings (SSSR count). The maximum absolute atomic E-state index is 5.59. The van der Waals surface area contributed by atoms with E-state index in [1.165, 1.54) is 17.0 Å². The molecular formula is C18H28N2O2. The van der Waals surface area contributed by atoms with Crippen LogP contribution in [0.15, 0.2) is 12.1 Å². The summed E-state index contributed by atoms with van der Waals surface area (Å²) in [6.45, 7) is 8.81. The van der Waals surface area contributed by atoms with Gasteiger partial charge in [-0.05, 0) is 37.4 Å². The summed E-state index contributed by atoms with van der Waals surface area (Å²) in [6, 6.07) is 5.06. The summed E-state index contributed by atoms with van der Waals surface area (Å²) < 4.78 is 10.9. The van der Waals surface area contributed by atoms with E-state index in [1.54, 1.807) is 0 Å². The van der Waals surface area contributed by atoms with Gasteiger partial charge in [-0.1, -0.05) is 19.9 Å². The summed E-state index contributed by atoms with van der Waals surface area (Å²) in [7, 11) is 2.18. The Labute approximate surface area is 133 Å². The first kappa shape index (κ1) is 15.9. The number of hydrogen-bond donors (Lipinski definition) is 0. The van der Waals surface area contributed by atoms with Gasteiger partial charge in [-0.3, -0.25) is 9.88 Å². The van der Waals surface area contributed by atoms with Crippen molar-refractivity contribution in [3.63, 3.8) is 0 Å². The van der Waals surface area contributed by atoms with Crippen LogP contribution in [0.5, 0.6) is 0 Å². The summed E-state index contributed by atoms with van der Waals surface area (Å²) >= 11 is 0. The monoisotopic (exact) mass is 304 g/mol. The standard InChI is InChI=1S/C18H28N2O2/c1-4-13(2)17-6-5-16(14-7-8-21-10-14)18(19-17)9-20(3)15-11-22-12-15/h5-6,13-15H,4,7-12H2,1-3H3. The van der Waals surface area contributed by atoms with E-state index in [0.717, 1.165) is 45.8 Å². The van der Waals surface area contributed by atoms with Gasteiger partial charge in [0.1, 0.15) is 0 Å². The molecule has 0 N–H and O–H groups in total. The minimum absolute atomic E-state index is 0.513. The highest BCUT2D eigenvalue weighted by Gasteiger charge is 2.27. The van der Waals surface area contributed by atoms with Gasteiger partial charge in [0.15, 0.2) is 0 Å². The van der Waals surface area contributed by atoms with Gasteiger partial charge in [-0.25, -0.2) is 0 Å².